The molecule has 6 nitrogen and oxygen atoms in total. The van der Waals surface area contributed by atoms with E-state index in [2.05, 4.69) is 15.8 Å². The first-order valence-electron chi connectivity index (χ1n) is 5.91. The smallest absolute Gasteiger partial charge is 0.269 e. The van der Waals surface area contributed by atoms with Crippen LogP contribution in [0.25, 0.3) is 0 Å². The summed E-state index contributed by atoms with van der Waals surface area (Å²) in [7, 11) is 0. The van der Waals surface area contributed by atoms with Gasteiger partial charge in [0, 0.05) is 18.0 Å². The number of carbonyl (C=O) groups is 2. The number of hydrazine groups is 1. The van der Waals surface area contributed by atoms with Crippen LogP contribution in [0.5, 0.6) is 0 Å². The average Bonchev–Trinajstić information content (AvgIpc) is 2.98. The number of carbonyl (C=O) groups excluding carboxylic acids is 2. The maximum Gasteiger partial charge on any atom is 0.269 e. The molecule has 2 amide bonds. The van der Waals surface area contributed by atoms with E-state index in [-0.39, 0.29) is 5.56 Å². The van der Waals surface area contributed by atoms with E-state index in [0.29, 0.717) is 0 Å². The molecule has 1 aromatic carbocycles. The van der Waals surface area contributed by atoms with Crippen LogP contribution in [0, 0.1) is 5.82 Å². The molecule has 0 saturated carbocycles. The van der Waals surface area contributed by atoms with Crippen LogP contribution < -0.4 is 10.9 Å². The summed E-state index contributed by atoms with van der Waals surface area (Å²) < 4.78 is 14.3. The van der Waals surface area contributed by atoms with Gasteiger partial charge in [0.2, 0.25) is 0 Å². The summed E-state index contributed by atoms with van der Waals surface area (Å²) in [6.45, 7) is 1.67. The Kier molecular flexibility index (Phi) is 4.09. The third-order valence-electron chi connectivity index (χ3n) is 2.76. The zero-order valence-corrected chi connectivity index (χ0v) is 10.7. The second-order valence-corrected chi connectivity index (χ2v) is 4.14. The quantitative estimate of drug-likeness (QED) is 0.823. The molecule has 0 saturated heterocycles. The predicted octanol–water partition coefficient (Wildman–Crippen LogP) is 1.04. The van der Waals surface area contributed by atoms with Gasteiger partial charge in [-0.2, -0.15) is 0 Å². The molecule has 104 valence electrons. The standard InChI is InChI=1S/C13H13FN4O2/c1-9(18-7-6-15-8-18)12(19)16-17-13(20)10-2-4-11(14)5-3-10/h2-9H,1H3,(H,16,19)(H,17,20)/t9-/m1/s1. The van der Waals surface area contributed by atoms with Crippen molar-refractivity contribution in [3.63, 3.8) is 0 Å². The number of nitrogens with one attached hydrogen (secondary N) is 2. The van der Waals surface area contributed by atoms with Crippen LogP contribution in [0.1, 0.15) is 23.3 Å². The lowest BCUT2D eigenvalue weighted by atomic mass is 10.2. The molecule has 0 aliphatic rings. The van der Waals surface area contributed by atoms with E-state index in [9.17, 15) is 14.0 Å². The number of aromatic nitrogens is 2. The fourth-order valence-corrected chi connectivity index (χ4v) is 1.53. The van der Waals surface area contributed by atoms with E-state index in [4.69, 9.17) is 0 Å². The molecule has 20 heavy (non-hydrogen) atoms. The first kappa shape index (κ1) is 13.7. The Morgan fingerprint density at radius 2 is 1.95 bits per heavy atom. The molecule has 7 heteroatoms. The van der Waals surface area contributed by atoms with E-state index < -0.39 is 23.7 Å². The zero-order chi connectivity index (χ0) is 14.5. The molecular formula is C13H13FN4O2. The van der Waals surface area contributed by atoms with Crippen molar-refractivity contribution in [3.05, 3.63) is 54.4 Å². The number of benzene rings is 1. The van der Waals surface area contributed by atoms with Crippen molar-refractivity contribution < 1.29 is 14.0 Å². The number of nitrogens with zero attached hydrogens (tertiary/aromatic N) is 2. The normalized spacial score (nSPS) is 11.7. The van der Waals surface area contributed by atoms with Gasteiger partial charge in [-0.05, 0) is 31.2 Å². The maximum atomic E-state index is 12.7. The highest BCUT2D eigenvalue weighted by atomic mass is 19.1. The van der Waals surface area contributed by atoms with Crippen LogP contribution >= 0.6 is 0 Å². The minimum absolute atomic E-state index is 0.252. The van der Waals surface area contributed by atoms with Crippen LogP contribution in [0.3, 0.4) is 0 Å². The Labute approximate surface area is 114 Å². The first-order chi connectivity index (χ1) is 9.58. The Balaban J connectivity index is 1.90. The SMILES string of the molecule is C[C@H](C(=O)NNC(=O)c1ccc(F)cc1)n1ccnc1. The van der Waals surface area contributed by atoms with Gasteiger partial charge in [-0.1, -0.05) is 0 Å². The minimum Gasteiger partial charge on any atom is -0.325 e. The Hall–Kier alpha value is -2.70. The van der Waals surface area contributed by atoms with Crippen LogP contribution in [-0.2, 0) is 4.79 Å². The zero-order valence-electron chi connectivity index (χ0n) is 10.7. The third kappa shape index (κ3) is 3.19. The number of rotatable bonds is 3. The second-order valence-electron chi connectivity index (χ2n) is 4.14. The van der Waals surface area contributed by atoms with E-state index in [1.54, 1.807) is 23.9 Å². The Morgan fingerprint density at radius 1 is 1.25 bits per heavy atom. The second kappa shape index (κ2) is 5.96. The predicted molar refractivity (Wildman–Crippen MR) is 68.9 cm³/mol. The minimum atomic E-state index is -0.517. The van der Waals surface area contributed by atoms with Crippen molar-refractivity contribution >= 4 is 11.8 Å². The van der Waals surface area contributed by atoms with E-state index in [0.717, 1.165) is 0 Å². The Morgan fingerprint density at radius 3 is 2.55 bits per heavy atom. The molecule has 0 spiro atoms. The monoisotopic (exact) mass is 276 g/mol. The van der Waals surface area contributed by atoms with Crippen LogP contribution in [-0.4, -0.2) is 21.4 Å². The number of hydrogen-bond donors (Lipinski definition) is 2. The molecule has 0 aliphatic heterocycles. The molecule has 1 aromatic heterocycles. The number of hydrogen-bond acceptors (Lipinski definition) is 3. The summed E-state index contributed by atoms with van der Waals surface area (Å²) >= 11 is 0. The highest BCUT2D eigenvalue weighted by Crippen LogP contribution is 2.04. The highest BCUT2D eigenvalue weighted by Gasteiger charge is 2.15. The topological polar surface area (TPSA) is 76.0 Å². The van der Waals surface area contributed by atoms with Gasteiger partial charge in [0.25, 0.3) is 11.8 Å². The lowest BCUT2D eigenvalue weighted by Crippen LogP contribution is -2.44. The molecule has 0 fully saturated rings. The van der Waals surface area contributed by atoms with Gasteiger partial charge in [0.1, 0.15) is 11.9 Å². The molecule has 2 rings (SSSR count). The molecule has 2 aromatic rings. The first-order valence-corrected chi connectivity index (χ1v) is 5.91. The van der Waals surface area contributed by atoms with Crippen molar-refractivity contribution in [2.75, 3.05) is 0 Å². The van der Waals surface area contributed by atoms with Crippen molar-refractivity contribution in [2.24, 2.45) is 0 Å². The van der Waals surface area contributed by atoms with Gasteiger partial charge in [-0.25, -0.2) is 9.37 Å². The van der Waals surface area contributed by atoms with Crippen molar-refractivity contribution in [3.8, 4) is 0 Å². The van der Waals surface area contributed by atoms with Crippen LogP contribution in [0.2, 0.25) is 0 Å². The molecule has 0 unspecified atom stereocenters. The highest BCUT2D eigenvalue weighted by molar-refractivity contribution is 5.95. The number of imidazole rings is 1. The van der Waals surface area contributed by atoms with Gasteiger partial charge < -0.3 is 4.57 Å². The fourth-order valence-electron chi connectivity index (χ4n) is 1.53. The van der Waals surface area contributed by atoms with Crippen molar-refractivity contribution in [2.45, 2.75) is 13.0 Å². The fraction of sp³-hybridized carbons (Fsp3) is 0.154. The summed E-state index contributed by atoms with van der Waals surface area (Å²) in [4.78, 5) is 27.3. The summed E-state index contributed by atoms with van der Waals surface area (Å²) in [5.41, 5.74) is 4.82. The van der Waals surface area contributed by atoms with Crippen LogP contribution in [0.15, 0.2) is 43.0 Å². The lowest BCUT2D eigenvalue weighted by molar-refractivity contribution is -0.124. The van der Waals surface area contributed by atoms with E-state index in [1.165, 1.54) is 30.6 Å². The molecule has 1 heterocycles. The van der Waals surface area contributed by atoms with Crippen molar-refractivity contribution in [1.82, 2.24) is 20.4 Å². The average molecular weight is 276 g/mol. The largest absolute Gasteiger partial charge is 0.325 e. The van der Waals surface area contributed by atoms with Gasteiger partial charge in [-0.3, -0.25) is 20.4 Å². The third-order valence-corrected chi connectivity index (χ3v) is 2.76. The van der Waals surface area contributed by atoms with E-state index in [1.807, 2.05) is 0 Å². The molecule has 2 N–H and O–H groups in total. The maximum absolute atomic E-state index is 12.7. The molecule has 0 aliphatic carbocycles. The van der Waals surface area contributed by atoms with Gasteiger partial charge >= 0.3 is 0 Å². The lowest BCUT2D eigenvalue weighted by Gasteiger charge is -2.13. The summed E-state index contributed by atoms with van der Waals surface area (Å²) in [6.07, 6.45) is 4.71. The van der Waals surface area contributed by atoms with Crippen LogP contribution in [0.4, 0.5) is 4.39 Å². The van der Waals surface area contributed by atoms with Gasteiger partial charge in [0.05, 0.1) is 6.33 Å². The molecule has 0 bridgehead atoms. The summed E-state index contributed by atoms with van der Waals surface area (Å²) in [5, 5.41) is 0. The van der Waals surface area contributed by atoms with E-state index >= 15 is 0 Å². The Bertz CT molecular complexity index is 595. The summed E-state index contributed by atoms with van der Waals surface area (Å²) in [5.74, 6) is -1.34. The number of halogens is 1. The molecule has 0 radical (unpaired) electrons. The van der Waals surface area contributed by atoms with Gasteiger partial charge in [0.15, 0.2) is 0 Å². The molecular weight excluding hydrogens is 263 g/mol. The van der Waals surface area contributed by atoms with Gasteiger partial charge in [-0.15, -0.1) is 0 Å². The molecule has 1 atom stereocenters. The summed E-state index contributed by atoms with van der Waals surface area (Å²) in [6, 6.07) is 4.49. The van der Waals surface area contributed by atoms with Crippen molar-refractivity contribution in [1.29, 1.82) is 0 Å². The number of amides is 2.